The van der Waals surface area contributed by atoms with E-state index in [1.807, 2.05) is 36.4 Å². The lowest BCUT2D eigenvalue weighted by Crippen LogP contribution is -2.30. The Balaban J connectivity index is 1.57. The molecule has 3 aromatic rings. The Kier molecular flexibility index (Phi) is 5.20. The van der Waals surface area contributed by atoms with Gasteiger partial charge in [0, 0.05) is 11.7 Å². The topological polar surface area (TPSA) is 91.5 Å². The van der Waals surface area contributed by atoms with Gasteiger partial charge in [-0.1, -0.05) is 25.8 Å². The van der Waals surface area contributed by atoms with Gasteiger partial charge in [-0.15, -0.1) is 0 Å². The number of rotatable bonds is 5. The molecule has 142 valence electrons. The zero-order chi connectivity index (χ0) is 19.3. The van der Waals surface area contributed by atoms with Gasteiger partial charge in [0.15, 0.2) is 5.82 Å². The fourth-order valence-electron chi connectivity index (χ4n) is 3.64. The summed E-state index contributed by atoms with van der Waals surface area (Å²) in [6.07, 6.45) is 8.22. The molecule has 1 aromatic carbocycles. The number of nitrogens with zero attached hydrogens (tertiary/aromatic N) is 5. The van der Waals surface area contributed by atoms with Gasteiger partial charge in [0.2, 0.25) is 0 Å². The van der Waals surface area contributed by atoms with Gasteiger partial charge in [-0.05, 0) is 49.1 Å². The Hall–Kier alpha value is -3.40. The van der Waals surface area contributed by atoms with E-state index in [9.17, 15) is 5.26 Å². The number of anilines is 3. The highest BCUT2D eigenvalue weighted by molar-refractivity contribution is 5.66. The molecular weight excluding hydrogens is 350 g/mol. The van der Waals surface area contributed by atoms with Crippen molar-refractivity contribution in [1.29, 1.82) is 5.26 Å². The summed E-state index contributed by atoms with van der Waals surface area (Å²) in [5.41, 5.74) is 2.16. The molecule has 2 N–H and O–H groups in total. The molecule has 0 saturated heterocycles. The van der Waals surface area contributed by atoms with Crippen molar-refractivity contribution in [2.24, 2.45) is 5.92 Å². The quantitative estimate of drug-likeness (QED) is 0.694. The molecule has 0 aliphatic heterocycles. The molecule has 0 radical (unpaired) electrons. The monoisotopic (exact) mass is 373 g/mol. The van der Waals surface area contributed by atoms with E-state index in [-0.39, 0.29) is 0 Å². The number of aromatic nitrogens is 4. The third kappa shape index (κ3) is 3.96. The molecule has 2 heterocycles. The Morgan fingerprint density at radius 1 is 1.11 bits per heavy atom. The van der Waals surface area contributed by atoms with Gasteiger partial charge in [-0.2, -0.15) is 20.3 Å². The van der Waals surface area contributed by atoms with E-state index >= 15 is 0 Å². The van der Waals surface area contributed by atoms with Crippen molar-refractivity contribution in [3.63, 3.8) is 0 Å². The Morgan fingerprint density at radius 2 is 1.93 bits per heavy atom. The highest BCUT2D eigenvalue weighted by Crippen LogP contribution is 2.28. The fraction of sp³-hybridized carbons (Fsp3) is 0.333. The van der Waals surface area contributed by atoms with Crippen LogP contribution in [0.3, 0.4) is 0 Å². The van der Waals surface area contributed by atoms with Gasteiger partial charge in [-0.3, -0.25) is 0 Å². The normalized spacial score (nSPS) is 19.0. The van der Waals surface area contributed by atoms with Crippen LogP contribution >= 0.6 is 0 Å². The molecule has 7 nitrogen and oxygen atoms in total. The average molecular weight is 373 g/mol. The number of benzene rings is 1. The summed E-state index contributed by atoms with van der Waals surface area (Å²) in [6, 6.07) is 14.0. The lowest BCUT2D eigenvalue weighted by Gasteiger charge is -2.30. The van der Waals surface area contributed by atoms with Crippen molar-refractivity contribution < 1.29 is 0 Å². The smallest absolute Gasteiger partial charge is 0.150 e. The second-order valence-corrected chi connectivity index (χ2v) is 7.21. The molecule has 1 saturated carbocycles. The Morgan fingerprint density at radius 3 is 2.71 bits per heavy atom. The number of hydrogen-bond donors (Lipinski definition) is 2. The third-order valence-electron chi connectivity index (χ3n) is 5.22. The molecule has 0 spiro atoms. The van der Waals surface area contributed by atoms with E-state index in [1.165, 1.54) is 19.3 Å². The molecule has 0 amide bonds. The minimum atomic E-state index is 0.427. The van der Waals surface area contributed by atoms with Gasteiger partial charge >= 0.3 is 0 Å². The van der Waals surface area contributed by atoms with Crippen LogP contribution in [0.5, 0.6) is 0 Å². The van der Waals surface area contributed by atoms with Crippen molar-refractivity contribution in [1.82, 2.24) is 20.0 Å². The maximum absolute atomic E-state index is 9.48. The zero-order valence-corrected chi connectivity index (χ0v) is 15.8. The molecule has 0 bridgehead atoms. The number of pyridine rings is 1. The minimum Gasteiger partial charge on any atom is -0.367 e. The van der Waals surface area contributed by atoms with Crippen LogP contribution in [-0.2, 0) is 0 Å². The van der Waals surface area contributed by atoms with Crippen LogP contribution in [0, 0.1) is 17.2 Å². The molecule has 28 heavy (non-hydrogen) atoms. The standard InChI is InChI=1S/C21H23N7/c1-15-5-2-3-8-19(15)26-20-10-9-16(14-22)21(27-20)25-17-6-4-7-18(13-17)28-23-11-12-24-28/h4,6-7,9-13,15,19H,2-3,5,8H2,1H3,(H2,25,26,27)/t15-,19+/m0/s1. The zero-order valence-electron chi connectivity index (χ0n) is 15.8. The van der Waals surface area contributed by atoms with Crippen LogP contribution in [0.4, 0.5) is 17.3 Å². The van der Waals surface area contributed by atoms with Crippen molar-refractivity contribution in [2.45, 2.75) is 38.6 Å². The molecule has 1 fully saturated rings. The van der Waals surface area contributed by atoms with E-state index in [0.717, 1.165) is 23.6 Å². The predicted molar refractivity (Wildman–Crippen MR) is 109 cm³/mol. The summed E-state index contributed by atoms with van der Waals surface area (Å²) < 4.78 is 0. The van der Waals surface area contributed by atoms with E-state index in [1.54, 1.807) is 17.2 Å². The largest absolute Gasteiger partial charge is 0.367 e. The molecule has 7 heteroatoms. The summed E-state index contributed by atoms with van der Waals surface area (Å²) >= 11 is 0. The van der Waals surface area contributed by atoms with Crippen LogP contribution in [0.25, 0.3) is 5.69 Å². The van der Waals surface area contributed by atoms with Crippen LogP contribution in [-0.4, -0.2) is 26.0 Å². The number of nitriles is 1. The van der Waals surface area contributed by atoms with E-state index in [4.69, 9.17) is 0 Å². The second kappa shape index (κ2) is 8.09. The first-order chi connectivity index (χ1) is 13.7. The summed E-state index contributed by atoms with van der Waals surface area (Å²) in [4.78, 5) is 6.22. The van der Waals surface area contributed by atoms with E-state index in [2.05, 4.69) is 38.8 Å². The molecule has 2 aromatic heterocycles. The van der Waals surface area contributed by atoms with Crippen molar-refractivity contribution >= 4 is 17.3 Å². The summed E-state index contributed by atoms with van der Waals surface area (Å²) in [7, 11) is 0. The lowest BCUT2D eigenvalue weighted by molar-refractivity contribution is 0.349. The van der Waals surface area contributed by atoms with Gasteiger partial charge in [0.25, 0.3) is 0 Å². The predicted octanol–water partition coefficient (Wildman–Crippen LogP) is 4.27. The third-order valence-corrected chi connectivity index (χ3v) is 5.22. The molecular formula is C21H23N7. The highest BCUT2D eigenvalue weighted by Gasteiger charge is 2.21. The molecule has 0 unspecified atom stereocenters. The molecule has 1 aliphatic carbocycles. The van der Waals surface area contributed by atoms with Gasteiger partial charge in [0.1, 0.15) is 11.9 Å². The summed E-state index contributed by atoms with van der Waals surface area (Å²) in [5, 5.41) is 24.6. The Bertz CT molecular complexity index is 975. The molecule has 1 aliphatic rings. The summed E-state index contributed by atoms with van der Waals surface area (Å²) in [5.74, 6) is 1.97. The van der Waals surface area contributed by atoms with Crippen LogP contribution < -0.4 is 10.6 Å². The van der Waals surface area contributed by atoms with E-state index < -0.39 is 0 Å². The maximum Gasteiger partial charge on any atom is 0.150 e. The van der Waals surface area contributed by atoms with Crippen LogP contribution in [0.1, 0.15) is 38.2 Å². The first-order valence-electron chi connectivity index (χ1n) is 9.64. The summed E-state index contributed by atoms with van der Waals surface area (Å²) in [6.45, 7) is 2.29. The van der Waals surface area contributed by atoms with Gasteiger partial charge < -0.3 is 10.6 Å². The average Bonchev–Trinajstić information content (AvgIpc) is 3.25. The van der Waals surface area contributed by atoms with Crippen LogP contribution in [0.15, 0.2) is 48.8 Å². The van der Waals surface area contributed by atoms with Crippen molar-refractivity contribution in [2.75, 3.05) is 10.6 Å². The first kappa shape index (κ1) is 18.0. The van der Waals surface area contributed by atoms with Crippen molar-refractivity contribution in [3.05, 3.63) is 54.4 Å². The highest BCUT2D eigenvalue weighted by atomic mass is 15.5. The Labute approximate surface area is 164 Å². The lowest BCUT2D eigenvalue weighted by atomic mass is 9.86. The fourth-order valence-corrected chi connectivity index (χ4v) is 3.64. The molecule has 2 atom stereocenters. The SMILES string of the molecule is C[C@H]1CCCC[C@H]1Nc1ccc(C#N)c(Nc2cccc(-n3nccn3)c2)n1. The minimum absolute atomic E-state index is 0.427. The number of nitrogens with one attached hydrogen (secondary N) is 2. The maximum atomic E-state index is 9.48. The number of hydrogen-bond acceptors (Lipinski definition) is 6. The van der Waals surface area contributed by atoms with E-state index in [0.29, 0.717) is 23.3 Å². The molecule has 4 rings (SSSR count). The second-order valence-electron chi connectivity index (χ2n) is 7.21. The van der Waals surface area contributed by atoms with Crippen molar-refractivity contribution in [3.8, 4) is 11.8 Å². The van der Waals surface area contributed by atoms with Gasteiger partial charge in [-0.25, -0.2) is 4.98 Å². The van der Waals surface area contributed by atoms with Crippen LogP contribution in [0.2, 0.25) is 0 Å². The first-order valence-corrected chi connectivity index (χ1v) is 9.64. The van der Waals surface area contributed by atoms with Gasteiger partial charge in [0.05, 0.1) is 23.6 Å².